The summed E-state index contributed by atoms with van der Waals surface area (Å²) in [5.74, 6) is 0. The zero-order valence-electron chi connectivity index (χ0n) is 16.3. The molecule has 0 aromatic heterocycles. The third kappa shape index (κ3) is 42.7. The summed E-state index contributed by atoms with van der Waals surface area (Å²) in [5.41, 5.74) is 0. The Morgan fingerprint density at radius 1 is 0.650 bits per heavy atom. The van der Waals surface area contributed by atoms with Gasteiger partial charge in [-0.05, 0) is 58.9 Å². The Bertz CT molecular complexity index is 204. The first-order valence-electron chi connectivity index (χ1n) is 7.32. The Morgan fingerprint density at radius 2 is 0.850 bits per heavy atom. The van der Waals surface area contributed by atoms with Crippen molar-refractivity contribution in [3.05, 3.63) is 0 Å². The molecular formula is C10H40O3Si7. The molecule has 0 aromatic rings. The van der Waals surface area contributed by atoms with Crippen molar-refractivity contribution in [3.63, 3.8) is 0 Å². The van der Waals surface area contributed by atoms with Crippen molar-refractivity contribution in [1.29, 1.82) is 0 Å². The molecule has 0 aromatic carbocycles. The molecule has 0 fully saturated rings. The van der Waals surface area contributed by atoms with Crippen LogP contribution in [0.4, 0.5) is 0 Å². The van der Waals surface area contributed by atoms with Crippen LogP contribution in [0, 0.1) is 0 Å². The molecule has 3 nitrogen and oxygen atoms in total. The van der Waals surface area contributed by atoms with Gasteiger partial charge in [0.05, 0.1) is 0 Å². The minimum atomic E-state index is -1.12. The Labute approximate surface area is 142 Å². The fourth-order valence-corrected chi connectivity index (χ4v) is 12.7. The minimum Gasteiger partial charge on any atom is -0.464 e. The van der Waals surface area contributed by atoms with Crippen LogP contribution in [0.15, 0.2) is 0 Å². The van der Waals surface area contributed by atoms with Gasteiger partial charge in [0.1, 0.15) is 29.5 Å². The highest BCUT2D eigenvalue weighted by molar-refractivity contribution is 7.02. The molecular weight excluding hydrogens is 365 g/mol. The molecule has 126 valence electrons. The van der Waals surface area contributed by atoms with Crippen molar-refractivity contribution in [2.24, 2.45) is 0 Å². The van der Waals surface area contributed by atoms with Gasteiger partial charge in [-0.2, -0.15) is 0 Å². The molecule has 20 heavy (non-hydrogen) atoms. The third-order valence-corrected chi connectivity index (χ3v) is 18.4. The van der Waals surface area contributed by atoms with E-state index in [-0.39, 0.29) is 0 Å². The van der Waals surface area contributed by atoms with Gasteiger partial charge >= 0.3 is 0 Å². The van der Waals surface area contributed by atoms with E-state index >= 15 is 0 Å². The molecule has 0 aliphatic carbocycles. The first-order chi connectivity index (χ1) is 8.54. The minimum absolute atomic E-state index is 0.595. The van der Waals surface area contributed by atoms with E-state index < -0.39 is 33.5 Å². The van der Waals surface area contributed by atoms with Crippen molar-refractivity contribution >= 4 is 64.2 Å². The van der Waals surface area contributed by atoms with E-state index in [9.17, 15) is 0 Å². The summed E-state index contributed by atoms with van der Waals surface area (Å²) in [7, 11) is -0.737. The Kier molecular flexibility index (Phi) is 15.6. The average Bonchev–Trinajstić information content (AvgIpc) is 2.13. The average molecular weight is 405 g/mol. The van der Waals surface area contributed by atoms with E-state index in [1.807, 2.05) is 0 Å². The van der Waals surface area contributed by atoms with Crippen molar-refractivity contribution < 1.29 is 12.3 Å². The van der Waals surface area contributed by atoms with Gasteiger partial charge in [-0.15, -0.1) is 0 Å². The lowest BCUT2D eigenvalue weighted by molar-refractivity contribution is 0.595. The van der Waals surface area contributed by atoms with Gasteiger partial charge in [0, 0.05) is 9.76 Å². The first-order valence-corrected chi connectivity index (χ1v) is 25.4. The summed E-state index contributed by atoms with van der Waals surface area (Å²) in [4.78, 5) is 0. The third-order valence-electron chi connectivity index (χ3n) is 1.81. The molecule has 0 heterocycles. The summed E-state index contributed by atoms with van der Waals surface area (Å²) in [5, 5.41) is 0. The van der Waals surface area contributed by atoms with Crippen LogP contribution < -0.4 is 0 Å². The van der Waals surface area contributed by atoms with Crippen LogP contribution in [0.25, 0.3) is 0 Å². The maximum atomic E-state index is 5.78. The molecule has 10 heteroatoms. The molecule has 0 N–H and O–H groups in total. The fraction of sp³-hybridized carbons (Fsp3) is 1.00. The van der Waals surface area contributed by atoms with Crippen molar-refractivity contribution in [3.8, 4) is 0 Å². The highest BCUT2D eigenvalue weighted by atomic mass is 29.2. The number of hydrogen-bond donors (Lipinski definition) is 0. The van der Waals surface area contributed by atoms with Gasteiger partial charge in [0.25, 0.3) is 0 Å². The van der Waals surface area contributed by atoms with Crippen LogP contribution in [0.1, 0.15) is 0 Å². The monoisotopic (exact) mass is 404 g/mol. The lowest BCUT2D eigenvalue weighted by Gasteiger charge is -2.20. The molecule has 0 aliphatic rings. The Balaban J connectivity index is -0.000000221. The predicted octanol–water partition coefficient (Wildman–Crippen LogP) is 0.290. The van der Waals surface area contributed by atoms with E-state index in [1.165, 1.54) is 9.76 Å². The molecule has 0 bridgehead atoms. The highest BCUT2D eigenvalue weighted by Gasteiger charge is 2.14. The lowest BCUT2D eigenvalue weighted by Crippen LogP contribution is -2.33. The lowest BCUT2D eigenvalue weighted by atomic mass is 11.8. The topological polar surface area (TPSA) is 27.7 Å². The molecule has 0 radical (unpaired) electrons. The number of rotatable bonds is 4. The quantitative estimate of drug-likeness (QED) is 0.630. The second-order valence-corrected chi connectivity index (χ2v) is 31.8. The van der Waals surface area contributed by atoms with E-state index in [1.54, 1.807) is 0 Å². The standard InChI is InChI=1S/C4H16OSi3.2C3H12OSi2/c1-7(6)5-8(2,3)4;2*1-6(2,3)4-5/h7H,1-4,6H3;2*1-3,5H3. The van der Waals surface area contributed by atoms with Gasteiger partial charge < -0.3 is 12.3 Å². The maximum Gasteiger partial charge on any atom is 0.169 e. The molecule has 0 spiro atoms. The second kappa shape index (κ2) is 11.9. The van der Waals surface area contributed by atoms with Crippen LogP contribution in [0.5, 0.6) is 0 Å². The van der Waals surface area contributed by atoms with E-state index in [2.05, 4.69) is 65.5 Å². The van der Waals surface area contributed by atoms with E-state index in [0.29, 0.717) is 0 Å². The first kappa shape index (κ1) is 26.3. The highest BCUT2D eigenvalue weighted by Crippen LogP contribution is 2.02. The second-order valence-electron chi connectivity index (χ2n) is 7.91. The van der Waals surface area contributed by atoms with E-state index in [0.717, 1.165) is 21.0 Å². The summed E-state index contributed by atoms with van der Waals surface area (Å²) in [6.45, 7) is 22.2. The SMILES string of the molecule is C[SiH]([SiH3])O[Si](C)(C)C.C[Si](C)(C)O[SiH3].C[Si](C)(C)O[SiH3]. The maximum absolute atomic E-state index is 5.78. The van der Waals surface area contributed by atoms with Crippen molar-refractivity contribution in [2.45, 2.75) is 65.5 Å². The largest absolute Gasteiger partial charge is 0.464 e. The summed E-state index contributed by atoms with van der Waals surface area (Å²) >= 11 is 0. The Hall–Kier alpha value is 1.40. The van der Waals surface area contributed by atoms with Gasteiger partial charge in [-0.25, -0.2) is 0 Å². The Morgan fingerprint density at radius 3 is 0.850 bits per heavy atom. The van der Waals surface area contributed by atoms with Crippen LogP contribution in [-0.4, -0.2) is 64.2 Å². The molecule has 0 saturated heterocycles. The van der Waals surface area contributed by atoms with Crippen molar-refractivity contribution in [1.82, 2.24) is 0 Å². The molecule has 0 aliphatic heterocycles. The van der Waals surface area contributed by atoms with Gasteiger partial charge in [-0.1, -0.05) is 6.55 Å². The zero-order chi connectivity index (χ0) is 17.2. The van der Waals surface area contributed by atoms with Gasteiger partial charge in [0.15, 0.2) is 25.0 Å². The zero-order valence-corrected chi connectivity index (χ0v) is 26.5. The summed E-state index contributed by atoms with van der Waals surface area (Å²) in [6.07, 6.45) is 0. The smallest absolute Gasteiger partial charge is 0.169 e. The van der Waals surface area contributed by atoms with E-state index in [4.69, 9.17) is 12.3 Å². The summed E-state index contributed by atoms with van der Waals surface area (Å²) < 4.78 is 16.2. The molecule has 1 unspecified atom stereocenters. The normalized spacial score (nSPS) is 14.1. The number of hydrogen-bond acceptors (Lipinski definition) is 3. The van der Waals surface area contributed by atoms with Crippen LogP contribution in [0.2, 0.25) is 65.5 Å². The van der Waals surface area contributed by atoms with Crippen LogP contribution in [0.3, 0.4) is 0 Å². The molecule has 1 atom stereocenters. The van der Waals surface area contributed by atoms with Gasteiger partial charge in [0.2, 0.25) is 0 Å². The molecule has 0 amide bonds. The molecule has 0 saturated carbocycles. The van der Waals surface area contributed by atoms with Crippen LogP contribution in [-0.2, 0) is 12.3 Å². The fourth-order valence-electron chi connectivity index (χ4n) is 0.707. The summed E-state index contributed by atoms with van der Waals surface area (Å²) in [6, 6.07) is 0. The van der Waals surface area contributed by atoms with Crippen LogP contribution >= 0.6 is 0 Å². The molecule has 0 rings (SSSR count). The predicted molar refractivity (Wildman–Crippen MR) is 116 cm³/mol. The van der Waals surface area contributed by atoms with Gasteiger partial charge in [-0.3, -0.25) is 0 Å². The van der Waals surface area contributed by atoms with Crippen molar-refractivity contribution in [2.75, 3.05) is 0 Å².